The van der Waals surface area contributed by atoms with E-state index in [2.05, 4.69) is 26.3 Å². The normalized spacial score (nSPS) is 19.2. The van der Waals surface area contributed by atoms with Gasteiger partial charge in [0.25, 0.3) is 11.8 Å². The molecular weight excluding hydrogens is 494 g/mol. The van der Waals surface area contributed by atoms with Crippen LogP contribution in [0.5, 0.6) is 0 Å². The second kappa shape index (κ2) is 11.2. The fourth-order valence-electron chi connectivity index (χ4n) is 3.05. The van der Waals surface area contributed by atoms with E-state index in [-0.39, 0.29) is 35.7 Å². The Labute approximate surface area is 212 Å². The van der Waals surface area contributed by atoms with Gasteiger partial charge in [-0.05, 0) is 33.1 Å². The fraction of sp³-hybridized carbons (Fsp3) is 0.636. The minimum Gasteiger partial charge on any atom is -0.462 e. The van der Waals surface area contributed by atoms with E-state index in [1.165, 1.54) is 5.38 Å². The molecule has 2 fully saturated rings. The van der Waals surface area contributed by atoms with Gasteiger partial charge < -0.3 is 19.6 Å². The van der Waals surface area contributed by atoms with Gasteiger partial charge in [-0.25, -0.2) is 20.1 Å². The van der Waals surface area contributed by atoms with Crippen LogP contribution in [0.1, 0.15) is 59.6 Å². The summed E-state index contributed by atoms with van der Waals surface area (Å²) in [7, 11) is 0. The molecular formula is C22H31N5O8S. The molecule has 2 aliphatic rings. The number of amides is 3. The molecule has 3 N–H and O–H groups in total. The van der Waals surface area contributed by atoms with Gasteiger partial charge in [0.05, 0.1) is 6.61 Å². The molecule has 1 aromatic heterocycles. The molecule has 1 saturated carbocycles. The number of thiazole rings is 1. The standard InChI is InChI=1S/C22H31N5O8S/c1-12(2)9-32-18(30)22(7-6-8-22)35-26-15(17(29)23-13-10-33-27-16(13)28)14-11-36-19(24-14)25-20(31)34-21(3,4)5/h11-13H,6-10H2,1-5H3,(H,23,29)(H,27,28)(H,24,25,31)/b26-15-/t13-/m0/s1. The highest BCUT2D eigenvalue weighted by Crippen LogP contribution is 2.37. The number of carbonyl (C=O) groups excluding carboxylic acids is 4. The highest BCUT2D eigenvalue weighted by molar-refractivity contribution is 7.14. The maximum absolute atomic E-state index is 13.1. The summed E-state index contributed by atoms with van der Waals surface area (Å²) in [6.45, 7) is 9.13. The molecule has 0 radical (unpaired) electrons. The van der Waals surface area contributed by atoms with Crippen molar-refractivity contribution in [2.45, 2.75) is 71.1 Å². The van der Waals surface area contributed by atoms with Crippen LogP contribution in [-0.4, -0.2) is 65.0 Å². The molecule has 0 spiro atoms. The van der Waals surface area contributed by atoms with Crippen LogP contribution in [0.3, 0.4) is 0 Å². The molecule has 1 aliphatic heterocycles. The zero-order valence-corrected chi connectivity index (χ0v) is 21.7. The number of anilines is 1. The summed E-state index contributed by atoms with van der Waals surface area (Å²) in [6.07, 6.45) is 0.769. The van der Waals surface area contributed by atoms with Crippen LogP contribution in [0, 0.1) is 5.92 Å². The summed E-state index contributed by atoms with van der Waals surface area (Å²) in [5.74, 6) is -1.72. The molecule has 0 bridgehead atoms. The third-order valence-corrected chi connectivity index (χ3v) is 5.76. The van der Waals surface area contributed by atoms with Crippen molar-refractivity contribution in [3.05, 3.63) is 11.1 Å². The van der Waals surface area contributed by atoms with Gasteiger partial charge in [-0.2, -0.15) is 0 Å². The quantitative estimate of drug-likeness (QED) is 0.248. The largest absolute Gasteiger partial charge is 0.462 e. The molecule has 3 rings (SSSR count). The number of oxime groups is 1. The Bertz CT molecular complexity index is 1030. The van der Waals surface area contributed by atoms with Crippen molar-refractivity contribution in [1.29, 1.82) is 0 Å². The van der Waals surface area contributed by atoms with Gasteiger partial charge in [0.2, 0.25) is 5.60 Å². The third kappa shape index (κ3) is 7.13. The first kappa shape index (κ1) is 27.3. The summed E-state index contributed by atoms with van der Waals surface area (Å²) >= 11 is 1.03. The lowest BCUT2D eigenvalue weighted by molar-refractivity contribution is -0.186. The van der Waals surface area contributed by atoms with Gasteiger partial charge in [-0.3, -0.25) is 19.7 Å². The van der Waals surface area contributed by atoms with E-state index < -0.39 is 41.1 Å². The summed E-state index contributed by atoms with van der Waals surface area (Å²) < 4.78 is 10.6. The Morgan fingerprint density at radius 1 is 1.33 bits per heavy atom. The molecule has 1 atom stereocenters. The molecule has 198 valence electrons. The highest BCUT2D eigenvalue weighted by atomic mass is 32.1. The molecule has 3 amide bonds. The van der Waals surface area contributed by atoms with Crippen LogP contribution in [0.4, 0.5) is 9.93 Å². The SMILES string of the molecule is CC(C)COC(=O)C1(O/N=C(\C(=O)N[C@H]2CONC2=O)c2csc(NC(=O)OC(C)(C)C)n2)CCC1. The van der Waals surface area contributed by atoms with E-state index in [1.54, 1.807) is 20.8 Å². The van der Waals surface area contributed by atoms with Gasteiger partial charge in [0.1, 0.15) is 23.9 Å². The predicted octanol–water partition coefficient (Wildman–Crippen LogP) is 1.88. The van der Waals surface area contributed by atoms with E-state index in [0.29, 0.717) is 12.8 Å². The molecule has 0 aromatic carbocycles. The topological polar surface area (TPSA) is 167 Å². The molecule has 1 aromatic rings. The summed E-state index contributed by atoms with van der Waals surface area (Å²) in [5.41, 5.74) is -0.0899. The smallest absolute Gasteiger partial charge is 0.413 e. The van der Waals surface area contributed by atoms with Crippen LogP contribution in [0.25, 0.3) is 0 Å². The maximum atomic E-state index is 13.1. The lowest BCUT2D eigenvalue weighted by Crippen LogP contribution is -2.49. The minimum absolute atomic E-state index is 0.0629. The zero-order chi connectivity index (χ0) is 26.5. The van der Waals surface area contributed by atoms with Crippen molar-refractivity contribution in [1.82, 2.24) is 15.8 Å². The highest BCUT2D eigenvalue weighted by Gasteiger charge is 2.49. The molecule has 36 heavy (non-hydrogen) atoms. The van der Waals surface area contributed by atoms with Crippen LogP contribution in [0.2, 0.25) is 0 Å². The van der Waals surface area contributed by atoms with E-state index in [9.17, 15) is 19.2 Å². The van der Waals surface area contributed by atoms with E-state index in [4.69, 9.17) is 19.1 Å². The van der Waals surface area contributed by atoms with Crippen molar-refractivity contribution in [3.8, 4) is 0 Å². The molecule has 13 nitrogen and oxygen atoms in total. The molecule has 2 heterocycles. The van der Waals surface area contributed by atoms with Crippen molar-refractivity contribution in [2.24, 2.45) is 11.1 Å². The van der Waals surface area contributed by atoms with Gasteiger partial charge in [-0.15, -0.1) is 11.3 Å². The number of hydrogen-bond acceptors (Lipinski definition) is 11. The van der Waals surface area contributed by atoms with Gasteiger partial charge in [-0.1, -0.05) is 19.0 Å². The van der Waals surface area contributed by atoms with Crippen molar-refractivity contribution >= 4 is 46.1 Å². The number of esters is 1. The number of nitrogens with one attached hydrogen (secondary N) is 3. The maximum Gasteiger partial charge on any atom is 0.413 e. The Morgan fingerprint density at radius 3 is 2.61 bits per heavy atom. The Morgan fingerprint density at radius 2 is 2.06 bits per heavy atom. The monoisotopic (exact) mass is 525 g/mol. The number of nitrogens with zero attached hydrogens (tertiary/aromatic N) is 2. The van der Waals surface area contributed by atoms with Crippen LogP contribution in [0.15, 0.2) is 10.5 Å². The number of carbonyl (C=O) groups is 4. The zero-order valence-electron chi connectivity index (χ0n) is 20.8. The fourth-order valence-corrected chi connectivity index (χ4v) is 3.73. The number of ether oxygens (including phenoxy) is 2. The summed E-state index contributed by atoms with van der Waals surface area (Å²) in [5, 5.41) is 10.6. The van der Waals surface area contributed by atoms with Gasteiger partial charge >= 0.3 is 12.1 Å². The predicted molar refractivity (Wildman–Crippen MR) is 128 cm³/mol. The number of aromatic nitrogens is 1. The Kier molecular flexibility index (Phi) is 8.51. The van der Waals surface area contributed by atoms with E-state index in [1.807, 2.05) is 13.8 Å². The average Bonchev–Trinajstić information content (AvgIpc) is 3.35. The van der Waals surface area contributed by atoms with Gasteiger partial charge in [0.15, 0.2) is 10.8 Å². The van der Waals surface area contributed by atoms with Crippen molar-refractivity contribution in [3.63, 3.8) is 0 Å². The van der Waals surface area contributed by atoms with Crippen molar-refractivity contribution in [2.75, 3.05) is 18.5 Å². The Hall–Kier alpha value is -3.26. The first-order valence-corrected chi connectivity index (χ1v) is 12.4. The summed E-state index contributed by atoms with van der Waals surface area (Å²) in [4.78, 5) is 64.3. The summed E-state index contributed by atoms with van der Waals surface area (Å²) in [6, 6.07) is -0.950. The number of rotatable bonds is 9. The number of hydrogen-bond donors (Lipinski definition) is 3. The lowest BCUT2D eigenvalue weighted by Gasteiger charge is -2.36. The third-order valence-electron chi connectivity index (χ3n) is 5.01. The van der Waals surface area contributed by atoms with Crippen LogP contribution >= 0.6 is 11.3 Å². The minimum atomic E-state index is -1.30. The lowest BCUT2D eigenvalue weighted by atomic mass is 9.80. The van der Waals surface area contributed by atoms with E-state index >= 15 is 0 Å². The van der Waals surface area contributed by atoms with E-state index in [0.717, 1.165) is 17.8 Å². The molecule has 1 aliphatic carbocycles. The number of hydroxylamine groups is 1. The van der Waals surface area contributed by atoms with Crippen LogP contribution in [-0.2, 0) is 33.5 Å². The van der Waals surface area contributed by atoms with Gasteiger partial charge in [0, 0.05) is 18.2 Å². The second-order valence-electron chi connectivity index (χ2n) is 9.84. The van der Waals surface area contributed by atoms with Crippen LogP contribution < -0.4 is 16.1 Å². The molecule has 0 unspecified atom stereocenters. The molecule has 14 heteroatoms. The Balaban J connectivity index is 1.81. The molecule has 1 saturated heterocycles. The van der Waals surface area contributed by atoms with Crippen molar-refractivity contribution < 1.29 is 38.3 Å². The first-order chi connectivity index (χ1) is 16.9. The first-order valence-electron chi connectivity index (χ1n) is 11.5. The second-order valence-corrected chi connectivity index (χ2v) is 10.7. The average molecular weight is 526 g/mol.